The van der Waals surface area contributed by atoms with E-state index in [4.69, 9.17) is 4.98 Å². The quantitative estimate of drug-likeness (QED) is 0.817. The van der Waals surface area contributed by atoms with Gasteiger partial charge < -0.3 is 10.2 Å². The maximum Gasteiger partial charge on any atom is 0.133 e. The monoisotopic (exact) mass is 261 g/mol. The summed E-state index contributed by atoms with van der Waals surface area (Å²) in [4.78, 5) is 7.08. The van der Waals surface area contributed by atoms with Crippen LogP contribution in [0.15, 0.2) is 6.07 Å². The van der Waals surface area contributed by atoms with Crippen molar-refractivity contribution in [2.75, 3.05) is 18.5 Å². The second-order valence-corrected chi connectivity index (χ2v) is 5.81. The lowest BCUT2D eigenvalue weighted by Gasteiger charge is -2.23. The summed E-state index contributed by atoms with van der Waals surface area (Å²) in [5.41, 5.74) is 3.85. The van der Waals surface area contributed by atoms with Gasteiger partial charge in [-0.2, -0.15) is 0 Å². The highest BCUT2D eigenvalue weighted by Gasteiger charge is 2.21. The molecule has 106 valence electrons. The average molecular weight is 261 g/mol. The van der Waals surface area contributed by atoms with Crippen LogP contribution in [0.5, 0.6) is 0 Å². The van der Waals surface area contributed by atoms with Gasteiger partial charge in [-0.1, -0.05) is 13.3 Å². The Morgan fingerprint density at radius 2 is 2.11 bits per heavy atom. The highest BCUT2D eigenvalue weighted by atomic mass is 15.2. The smallest absolute Gasteiger partial charge is 0.133 e. The Balaban J connectivity index is 2.16. The molecule has 0 aromatic carbocycles. The molecule has 1 aliphatic carbocycles. The summed E-state index contributed by atoms with van der Waals surface area (Å²) in [5, 5.41) is 3.62. The number of hydrogen-bond donors (Lipinski definition) is 1. The molecule has 1 N–H and O–H groups in total. The lowest BCUT2D eigenvalue weighted by Crippen LogP contribution is -2.25. The molecule has 0 spiro atoms. The van der Waals surface area contributed by atoms with Gasteiger partial charge in [-0.3, -0.25) is 0 Å². The lowest BCUT2D eigenvalue weighted by molar-refractivity contribution is 0.676. The molecule has 1 saturated carbocycles. The molecule has 2 rings (SSSR count). The van der Waals surface area contributed by atoms with Crippen molar-refractivity contribution in [3.05, 3.63) is 22.9 Å². The van der Waals surface area contributed by atoms with E-state index in [0.29, 0.717) is 0 Å². The third-order valence-corrected chi connectivity index (χ3v) is 3.81. The highest BCUT2D eigenvalue weighted by Crippen LogP contribution is 2.25. The van der Waals surface area contributed by atoms with Crippen molar-refractivity contribution in [3.63, 3.8) is 0 Å². The molecule has 0 amide bonds. The van der Waals surface area contributed by atoms with Gasteiger partial charge in [0.1, 0.15) is 5.82 Å². The molecule has 1 aromatic heterocycles. The SMILES string of the molecule is CCCCN(C)c1nc(C)cc(C)c1CNC1CC1. The summed E-state index contributed by atoms with van der Waals surface area (Å²) in [6, 6.07) is 2.94. The molecule has 1 aliphatic rings. The van der Waals surface area contributed by atoms with Crippen molar-refractivity contribution >= 4 is 5.82 Å². The zero-order chi connectivity index (χ0) is 13.8. The fraction of sp³-hybridized carbons (Fsp3) is 0.688. The van der Waals surface area contributed by atoms with Gasteiger partial charge in [0, 0.05) is 37.4 Å². The molecule has 19 heavy (non-hydrogen) atoms. The van der Waals surface area contributed by atoms with Crippen LogP contribution in [0, 0.1) is 13.8 Å². The van der Waals surface area contributed by atoms with E-state index in [0.717, 1.165) is 24.8 Å². The molecule has 3 nitrogen and oxygen atoms in total. The zero-order valence-electron chi connectivity index (χ0n) is 12.8. The largest absolute Gasteiger partial charge is 0.359 e. The molecule has 0 atom stereocenters. The molecular weight excluding hydrogens is 234 g/mol. The summed E-state index contributed by atoms with van der Waals surface area (Å²) in [6.07, 6.45) is 5.12. The minimum absolute atomic E-state index is 0.745. The maximum absolute atomic E-state index is 4.77. The fourth-order valence-corrected chi connectivity index (χ4v) is 2.41. The standard InChI is InChI=1S/C16H27N3/c1-5-6-9-19(4)16-15(11-17-14-7-8-14)12(2)10-13(3)18-16/h10,14,17H,5-9,11H2,1-4H3. The minimum Gasteiger partial charge on any atom is -0.359 e. The number of unbranched alkanes of at least 4 members (excludes halogenated alkanes) is 1. The Kier molecular flexibility index (Phi) is 4.81. The van der Waals surface area contributed by atoms with Crippen LogP contribution in [-0.4, -0.2) is 24.6 Å². The summed E-state index contributed by atoms with van der Waals surface area (Å²) < 4.78 is 0. The van der Waals surface area contributed by atoms with Crippen molar-refractivity contribution in [2.24, 2.45) is 0 Å². The number of anilines is 1. The van der Waals surface area contributed by atoms with Crippen LogP contribution in [-0.2, 0) is 6.54 Å². The maximum atomic E-state index is 4.77. The first-order valence-corrected chi connectivity index (χ1v) is 7.53. The van der Waals surface area contributed by atoms with Crippen LogP contribution in [0.2, 0.25) is 0 Å². The predicted molar refractivity (Wildman–Crippen MR) is 81.8 cm³/mol. The second-order valence-electron chi connectivity index (χ2n) is 5.81. The molecule has 0 saturated heterocycles. The summed E-state index contributed by atoms with van der Waals surface area (Å²) in [5.74, 6) is 1.17. The number of aryl methyl sites for hydroxylation is 2. The van der Waals surface area contributed by atoms with E-state index in [1.807, 2.05) is 0 Å². The van der Waals surface area contributed by atoms with E-state index in [9.17, 15) is 0 Å². The fourth-order valence-electron chi connectivity index (χ4n) is 2.41. The van der Waals surface area contributed by atoms with E-state index >= 15 is 0 Å². The van der Waals surface area contributed by atoms with Crippen LogP contribution in [0.1, 0.15) is 49.4 Å². The predicted octanol–water partition coefficient (Wildman–Crippen LogP) is 3.19. The molecule has 1 heterocycles. The van der Waals surface area contributed by atoms with Gasteiger partial charge in [0.25, 0.3) is 0 Å². The third kappa shape index (κ3) is 3.93. The molecular formula is C16H27N3. The van der Waals surface area contributed by atoms with Crippen LogP contribution in [0.25, 0.3) is 0 Å². The Labute approximate surface area is 117 Å². The van der Waals surface area contributed by atoms with E-state index in [2.05, 4.69) is 44.1 Å². The Bertz CT molecular complexity index is 424. The summed E-state index contributed by atoms with van der Waals surface area (Å²) >= 11 is 0. The second kappa shape index (κ2) is 6.38. The first-order valence-electron chi connectivity index (χ1n) is 7.53. The van der Waals surface area contributed by atoms with E-state index in [1.165, 1.54) is 42.6 Å². The molecule has 0 aliphatic heterocycles. The Morgan fingerprint density at radius 1 is 1.37 bits per heavy atom. The molecule has 1 aromatic rings. The highest BCUT2D eigenvalue weighted by molar-refractivity contribution is 5.51. The van der Waals surface area contributed by atoms with Crippen molar-refractivity contribution in [2.45, 2.75) is 59.0 Å². The summed E-state index contributed by atoms with van der Waals surface area (Å²) in [6.45, 7) is 8.56. The van der Waals surface area contributed by atoms with Crippen molar-refractivity contribution in [1.82, 2.24) is 10.3 Å². The first-order chi connectivity index (χ1) is 9.11. The number of nitrogens with zero attached hydrogens (tertiary/aromatic N) is 2. The van der Waals surface area contributed by atoms with Gasteiger partial charge in [0.05, 0.1) is 0 Å². The first kappa shape index (κ1) is 14.3. The van der Waals surface area contributed by atoms with Crippen LogP contribution >= 0.6 is 0 Å². The minimum atomic E-state index is 0.745. The van der Waals surface area contributed by atoms with E-state index in [1.54, 1.807) is 0 Å². The Hall–Kier alpha value is -1.09. The molecule has 0 radical (unpaired) electrons. The average Bonchev–Trinajstić information content (AvgIpc) is 3.18. The molecule has 0 unspecified atom stereocenters. The van der Waals surface area contributed by atoms with Crippen LogP contribution < -0.4 is 10.2 Å². The van der Waals surface area contributed by atoms with E-state index < -0.39 is 0 Å². The van der Waals surface area contributed by atoms with Gasteiger partial charge >= 0.3 is 0 Å². The van der Waals surface area contributed by atoms with Crippen molar-refractivity contribution in [1.29, 1.82) is 0 Å². The topological polar surface area (TPSA) is 28.2 Å². The van der Waals surface area contributed by atoms with Crippen molar-refractivity contribution < 1.29 is 0 Å². The van der Waals surface area contributed by atoms with Crippen LogP contribution in [0.4, 0.5) is 5.82 Å². The van der Waals surface area contributed by atoms with Gasteiger partial charge in [-0.25, -0.2) is 4.98 Å². The molecule has 1 fully saturated rings. The number of aromatic nitrogens is 1. The van der Waals surface area contributed by atoms with E-state index in [-0.39, 0.29) is 0 Å². The van der Waals surface area contributed by atoms with Gasteiger partial charge in [0.15, 0.2) is 0 Å². The zero-order valence-corrected chi connectivity index (χ0v) is 12.8. The lowest BCUT2D eigenvalue weighted by atomic mass is 10.1. The molecule has 0 bridgehead atoms. The summed E-state index contributed by atoms with van der Waals surface area (Å²) in [7, 11) is 2.16. The third-order valence-electron chi connectivity index (χ3n) is 3.81. The number of rotatable bonds is 7. The number of hydrogen-bond acceptors (Lipinski definition) is 3. The number of pyridine rings is 1. The Morgan fingerprint density at radius 3 is 2.74 bits per heavy atom. The number of nitrogens with one attached hydrogen (secondary N) is 1. The van der Waals surface area contributed by atoms with Crippen LogP contribution in [0.3, 0.4) is 0 Å². The molecule has 3 heteroatoms. The van der Waals surface area contributed by atoms with Gasteiger partial charge in [0.2, 0.25) is 0 Å². The van der Waals surface area contributed by atoms with Gasteiger partial charge in [-0.05, 0) is 44.7 Å². The van der Waals surface area contributed by atoms with Gasteiger partial charge in [-0.15, -0.1) is 0 Å². The normalized spacial score (nSPS) is 14.7. The van der Waals surface area contributed by atoms with Crippen molar-refractivity contribution in [3.8, 4) is 0 Å².